The standard InChI is InChI=1S/C9H10O5/c10-3-5-1-7(9(13)14)8(12)2-6(5)4-11/h1-2,10-12H,3-4H2,(H,13,14). The van der Waals surface area contributed by atoms with Gasteiger partial charge in [-0.1, -0.05) is 0 Å². The van der Waals surface area contributed by atoms with Gasteiger partial charge in [-0.3, -0.25) is 0 Å². The first-order valence-electron chi connectivity index (χ1n) is 3.90. The summed E-state index contributed by atoms with van der Waals surface area (Å²) in [5.74, 6) is -1.69. The zero-order valence-corrected chi connectivity index (χ0v) is 7.27. The van der Waals surface area contributed by atoms with Crippen LogP contribution in [0.15, 0.2) is 12.1 Å². The van der Waals surface area contributed by atoms with Gasteiger partial charge in [-0.2, -0.15) is 0 Å². The van der Waals surface area contributed by atoms with Crippen molar-refractivity contribution in [1.29, 1.82) is 0 Å². The van der Waals surface area contributed by atoms with Crippen LogP contribution in [0.5, 0.6) is 5.75 Å². The van der Waals surface area contributed by atoms with Crippen molar-refractivity contribution in [2.45, 2.75) is 13.2 Å². The predicted octanol–water partition coefficient (Wildman–Crippen LogP) is 0.0750. The number of phenols is 1. The van der Waals surface area contributed by atoms with Crippen LogP contribution in [0.2, 0.25) is 0 Å². The van der Waals surface area contributed by atoms with Crippen LogP contribution < -0.4 is 0 Å². The normalized spacial score (nSPS) is 10.1. The van der Waals surface area contributed by atoms with Crippen LogP contribution in [0.3, 0.4) is 0 Å². The van der Waals surface area contributed by atoms with Crippen molar-refractivity contribution in [2.24, 2.45) is 0 Å². The summed E-state index contributed by atoms with van der Waals surface area (Å²) in [5.41, 5.74) is 0.323. The van der Waals surface area contributed by atoms with Crippen molar-refractivity contribution >= 4 is 5.97 Å². The summed E-state index contributed by atoms with van der Waals surface area (Å²) in [6, 6.07) is 2.28. The van der Waals surface area contributed by atoms with Crippen molar-refractivity contribution in [3.05, 3.63) is 28.8 Å². The van der Waals surface area contributed by atoms with Gasteiger partial charge in [-0.25, -0.2) is 4.79 Å². The van der Waals surface area contributed by atoms with E-state index in [-0.39, 0.29) is 18.8 Å². The molecule has 0 aliphatic carbocycles. The van der Waals surface area contributed by atoms with Gasteiger partial charge in [-0.15, -0.1) is 0 Å². The number of carboxylic acids is 1. The summed E-state index contributed by atoms with van der Waals surface area (Å²) in [7, 11) is 0. The first-order chi connectivity index (χ1) is 6.60. The lowest BCUT2D eigenvalue weighted by atomic mass is 10.0. The van der Waals surface area contributed by atoms with E-state index in [1.165, 1.54) is 0 Å². The topological polar surface area (TPSA) is 98.0 Å². The Bertz CT molecular complexity index is 358. The fraction of sp³-hybridized carbons (Fsp3) is 0.222. The van der Waals surface area contributed by atoms with E-state index in [2.05, 4.69) is 0 Å². The molecule has 0 aromatic heterocycles. The van der Waals surface area contributed by atoms with E-state index in [0.717, 1.165) is 12.1 Å². The fourth-order valence-corrected chi connectivity index (χ4v) is 1.14. The van der Waals surface area contributed by atoms with E-state index in [1.807, 2.05) is 0 Å². The molecule has 1 aromatic carbocycles. The number of hydrogen-bond acceptors (Lipinski definition) is 4. The number of aromatic carboxylic acids is 1. The number of benzene rings is 1. The Morgan fingerprint density at radius 1 is 1.14 bits per heavy atom. The molecule has 5 nitrogen and oxygen atoms in total. The molecule has 5 heteroatoms. The van der Waals surface area contributed by atoms with E-state index in [0.29, 0.717) is 11.1 Å². The quantitative estimate of drug-likeness (QED) is 0.551. The molecule has 0 bridgehead atoms. The monoisotopic (exact) mass is 198 g/mol. The van der Waals surface area contributed by atoms with Gasteiger partial charge in [0.05, 0.1) is 13.2 Å². The predicted molar refractivity (Wildman–Crippen MR) is 46.9 cm³/mol. The van der Waals surface area contributed by atoms with Crippen LogP contribution in [0.4, 0.5) is 0 Å². The third kappa shape index (κ3) is 1.84. The number of aliphatic hydroxyl groups is 2. The Hall–Kier alpha value is -1.59. The Morgan fingerprint density at radius 3 is 2.07 bits per heavy atom. The Morgan fingerprint density at radius 2 is 1.64 bits per heavy atom. The van der Waals surface area contributed by atoms with Crippen molar-refractivity contribution in [3.8, 4) is 5.75 Å². The highest BCUT2D eigenvalue weighted by Gasteiger charge is 2.13. The highest BCUT2D eigenvalue weighted by Crippen LogP contribution is 2.22. The van der Waals surface area contributed by atoms with Crippen molar-refractivity contribution in [1.82, 2.24) is 0 Å². The molecular weight excluding hydrogens is 188 g/mol. The summed E-state index contributed by atoms with van der Waals surface area (Å²) in [4.78, 5) is 10.6. The largest absolute Gasteiger partial charge is 0.507 e. The van der Waals surface area contributed by atoms with Gasteiger partial charge < -0.3 is 20.4 Å². The lowest BCUT2D eigenvalue weighted by molar-refractivity contribution is 0.0693. The van der Waals surface area contributed by atoms with Crippen molar-refractivity contribution in [2.75, 3.05) is 0 Å². The van der Waals surface area contributed by atoms with Crippen LogP contribution in [-0.2, 0) is 13.2 Å². The van der Waals surface area contributed by atoms with Gasteiger partial charge in [0, 0.05) is 0 Å². The minimum atomic E-state index is -1.28. The molecule has 0 heterocycles. The number of aliphatic hydroxyl groups excluding tert-OH is 2. The smallest absolute Gasteiger partial charge is 0.339 e. The second-order valence-corrected chi connectivity index (χ2v) is 2.76. The van der Waals surface area contributed by atoms with Crippen LogP contribution in [-0.4, -0.2) is 26.4 Å². The summed E-state index contributed by atoms with van der Waals surface area (Å²) in [6.45, 7) is -0.736. The molecule has 76 valence electrons. The molecule has 4 N–H and O–H groups in total. The maximum absolute atomic E-state index is 10.6. The minimum Gasteiger partial charge on any atom is -0.507 e. The minimum absolute atomic E-state index is 0.286. The number of carboxylic acid groups (broad SMARTS) is 1. The third-order valence-electron chi connectivity index (χ3n) is 1.89. The first kappa shape index (κ1) is 10.5. The van der Waals surface area contributed by atoms with E-state index in [1.54, 1.807) is 0 Å². The molecular formula is C9H10O5. The highest BCUT2D eigenvalue weighted by atomic mass is 16.4. The summed E-state index contributed by atoms with van der Waals surface area (Å²) < 4.78 is 0. The number of rotatable bonds is 3. The molecule has 1 aromatic rings. The van der Waals surface area contributed by atoms with Crippen LogP contribution in [0, 0.1) is 0 Å². The summed E-state index contributed by atoms with van der Waals surface area (Å²) in [5, 5.41) is 35.6. The maximum Gasteiger partial charge on any atom is 0.339 e. The molecule has 0 unspecified atom stereocenters. The van der Waals surface area contributed by atoms with Gasteiger partial charge in [-0.05, 0) is 23.3 Å². The Balaban J connectivity index is 3.30. The maximum atomic E-state index is 10.6. The molecule has 0 saturated carbocycles. The average Bonchev–Trinajstić information content (AvgIpc) is 2.16. The van der Waals surface area contributed by atoms with Gasteiger partial charge in [0.2, 0.25) is 0 Å². The van der Waals surface area contributed by atoms with E-state index >= 15 is 0 Å². The highest BCUT2D eigenvalue weighted by molar-refractivity contribution is 5.91. The molecule has 1 rings (SSSR count). The second kappa shape index (κ2) is 4.08. The SMILES string of the molecule is O=C(O)c1cc(CO)c(CO)cc1O. The average molecular weight is 198 g/mol. The van der Waals surface area contributed by atoms with Gasteiger partial charge >= 0.3 is 5.97 Å². The number of hydrogen-bond donors (Lipinski definition) is 4. The van der Waals surface area contributed by atoms with Gasteiger partial charge in [0.15, 0.2) is 0 Å². The second-order valence-electron chi connectivity index (χ2n) is 2.76. The van der Waals surface area contributed by atoms with Crippen molar-refractivity contribution < 1.29 is 25.2 Å². The number of aromatic hydroxyl groups is 1. The zero-order valence-electron chi connectivity index (χ0n) is 7.27. The fourth-order valence-electron chi connectivity index (χ4n) is 1.14. The molecule has 0 atom stereocenters. The lowest BCUT2D eigenvalue weighted by Gasteiger charge is -2.07. The van der Waals surface area contributed by atoms with Gasteiger partial charge in [0.1, 0.15) is 11.3 Å². The van der Waals surface area contributed by atoms with Gasteiger partial charge in [0.25, 0.3) is 0 Å². The van der Waals surface area contributed by atoms with Crippen LogP contribution in [0.1, 0.15) is 21.5 Å². The molecule has 0 aliphatic rings. The molecule has 0 amide bonds. The molecule has 0 spiro atoms. The van der Waals surface area contributed by atoms with Crippen LogP contribution >= 0.6 is 0 Å². The van der Waals surface area contributed by atoms with E-state index in [9.17, 15) is 9.90 Å². The lowest BCUT2D eigenvalue weighted by Crippen LogP contribution is -2.02. The first-order valence-corrected chi connectivity index (χ1v) is 3.90. The van der Waals surface area contributed by atoms with Crippen molar-refractivity contribution in [3.63, 3.8) is 0 Å². The zero-order chi connectivity index (χ0) is 10.7. The Kier molecular flexibility index (Phi) is 3.06. The molecule has 0 saturated heterocycles. The molecule has 0 fully saturated rings. The summed E-state index contributed by atoms with van der Waals surface area (Å²) in [6.07, 6.45) is 0. The van der Waals surface area contributed by atoms with E-state index in [4.69, 9.17) is 15.3 Å². The molecule has 14 heavy (non-hydrogen) atoms. The number of carbonyl (C=O) groups is 1. The van der Waals surface area contributed by atoms with Crippen LogP contribution in [0.25, 0.3) is 0 Å². The third-order valence-corrected chi connectivity index (χ3v) is 1.89. The summed E-state index contributed by atoms with van der Waals surface area (Å²) >= 11 is 0. The van der Waals surface area contributed by atoms with E-state index < -0.39 is 11.7 Å². The Labute approximate surface area is 79.9 Å². The molecule has 0 radical (unpaired) electrons. The molecule has 0 aliphatic heterocycles.